The smallest absolute Gasteiger partial charge is 0.238 e. The maximum atomic E-state index is 12.1. The van der Waals surface area contributed by atoms with Gasteiger partial charge in [0.2, 0.25) is 5.91 Å². The van der Waals surface area contributed by atoms with Gasteiger partial charge in [-0.2, -0.15) is 0 Å². The van der Waals surface area contributed by atoms with Crippen molar-refractivity contribution in [3.63, 3.8) is 0 Å². The molecule has 0 fully saturated rings. The molecule has 122 valence electrons. The minimum Gasteiger partial charge on any atom is -0.325 e. The third-order valence-corrected chi connectivity index (χ3v) is 3.73. The molecule has 0 aromatic heterocycles. The summed E-state index contributed by atoms with van der Waals surface area (Å²) >= 11 is 0. The fraction of sp³-hybridized carbons (Fsp3) is 0.350. The lowest BCUT2D eigenvalue weighted by Gasteiger charge is -2.23. The number of carbonyl (C=O) groups excluding carboxylic acids is 1. The lowest BCUT2D eigenvalue weighted by Crippen LogP contribution is -2.30. The standard InChI is InChI=1S/C20H26N2O/c1-20(2,3)17-11-7-8-12-18(17)22-19(23)15-21-14-13-16-9-5-4-6-10-16/h4-12,21H,13-15H2,1-3H3,(H,22,23). The van der Waals surface area contributed by atoms with Crippen molar-refractivity contribution in [3.8, 4) is 0 Å². The molecule has 0 aliphatic heterocycles. The molecule has 2 aromatic carbocycles. The maximum Gasteiger partial charge on any atom is 0.238 e. The minimum absolute atomic E-state index is 0.00457. The van der Waals surface area contributed by atoms with Gasteiger partial charge in [0.05, 0.1) is 6.54 Å². The molecule has 0 radical (unpaired) electrons. The summed E-state index contributed by atoms with van der Waals surface area (Å²) in [4.78, 5) is 12.1. The average molecular weight is 310 g/mol. The van der Waals surface area contributed by atoms with Gasteiger partial charge in [0.25, 0.3) is 0 Å². The van der Waals surface area contributed by atoms with Crippen LogP contribution in [0.25, 0.3) is 0 Å². The highest BCUT2D eigenvalue weighted by Gasteiger charge is 2.18. The van der Waals surface area contributed by atoms with Gasteiger partial charge in [-0.25, -0.2) is 0 Å². The normalized spacial score (nSPS) is 11.3. The van der Waals surface area contributed by atoms with Crippen molar-refractivity contribution in [1.82, 2.24) is 5.32 Å². The molecule has 3 heteroatoms. The number of benzene rings is 2. The van der Waals surface area contributed by atoms with E-state index in [4.69, 9.17) is 0 Å². The van der Waals surface area contributed by atoms with Crippen LogP contribution in [0.1, 0.15) is 31.9 Å². The van der Waals surface area contributed by atoms with Crippen molar-refractivity contribution in [2.24, 2.45) is 0 Å². The van der Waals surface area contributed by atoms with Gasteiger partial charge in [-0.05, 0) is 35.6 Å². The topological polar surface area (TPSA) is 41.1 Å². The lowest BCUT2D eigenvalue weighted by molar-refractivity contribution is -0.115. The van der Waals surface area contributed by atoms with Crippen molar-refractivity contribution in [2.75, 3.05) is 18.4 Å². The van der Waals surface area contributed by atoms with Crippen LogP contribution in [0.5, 0.6) is 0 Å². The molecule has 0 aliphatic rings. The first-order chi connectivity index (χ1) is 11.0. The van der Waals surface area contributed by atoms with Gasteiger partial charge in [0.15, 0.2) is 0 Å². The summed E-state index contributed by atoms with van der Waals surface area (Å²) in [6.07, 6.45) is 0.923. The summed E-state index contributed by atoms with van der Waals surface area (Å²) in [5.74, 6) is -0.00485. The largest absolute Gasteiger partial charge is 0.325 e. The maximum absolute atomic E-state index is 12.1. The van der Waals surface area contributed by atoms with Crippen LogP contribution in [0, 0.1) is 0 Å². The molecule has 2 aromatic rings. The summed E-state index contributed by atoms with van der Waals surface area (Å²) in [6, 6.07) is 18.3. The molecule has 0 spiro atoms. The Hall–Kier alpha value is -2.13. The van der Waals surface area contributed by atoms with E-state index >= 15 is 0 Å². The van der Waals surface area contributed by atoms with Gasteiger partial charge in [-0.3, -0.25) is 4.79 Å². The van der Waals surface area contributed by atoms with Gasteiger partial charge in [0, 0.05) is 5.69 Å². The minimum atomic E-state index is -0.00485. The second-order valence-electron chi connectivity index (χ2n) is 6.76. The van der Waals surface area contributed by atoms with Crippen molar-refractivity contribution in [2.45, 2.75) is 32.6 Å². The third kappa shape index (κ3) is 5.53. The SMILES string of the molecule is CC(C)(C)c1ccccc1NC(=O)CNCCc1ccccc1. The number of hydrogen-bond acceptors (Lipinski definition) is 2. The average Bonchev–Trinajstić information content (AvgIpc) is 2.52. The Balaban J connectivity index is 1.81. The fourth-order valence-electron chi connectivity index (χ4n) is 2.52. The van der Waals surface area contributed by atoms with E-state index < -0.39 is 0 Å². The van der Waals surface area contributed by atoms with Crippen LogP contribution < -0.4 is 10.6 Å². The van der Waals surface area contributed by atoms with Crippen LogP contribution in [0.4, 0.5) is 5.69 Å². The molecule has 2 rings (SSSR count). The zero-order chi connectivity index (χ0) is 16.7. The van der Waals surface area contributed by atoms with Gasteiger partial charge in [-0.1, -0.05) is 69.3 Å². The molecule has 0 saturated carbocycles. The number of anilines is 1. The van der Waals surface area contributed by atoms with E-state index in [0.29, 0.717) is 6.54 Å². The highest BCUT2D eigenvalue weighted by atomic mass is 16.1. The highest BCUT2D eigenvalue weighted by molar-refractivity contribution is 5.93. The van der Waals surface area contributed by atoms with Crippen LogP contribution in [-0.2, 0) is 16.6 Å². The second-order valence-corrected chi connectivity index (χ2v) is 6.76. The first kappa shape index (κ1) is 17.2. The van der Waals surface area contributed by atoms with Gasteiger partial charge in [0.1, 0.15) is 0 Å². The predicted molar refractivity (Wildman–Crippen MR) is 96.8 cm³/mol. The number of rotatable bonds is 6. The number of nitrogens with one attached hydrogen (secondary N) is 2. The van der Waals surface area contributed by atoms with E-state index in [1.807, 2.05) is 36.4 Å². The molecule has 0 saturated heterocycles. The van der Waals surface area contributed by atoms with Crippen LogP contribution in [-0.4, -0.2) is 19.0 Å². The van der Waals surface area contributed by atoms with Crippen LogP contribution in [0.3, 0.4) is 0 Å². The first-order valence-electron chi connectivity index (χ1n) is 8.11. The van der Waals surface area contributed by atoms with Crippen molar-refractivity contribution in [1.29, 1.82) is 0 Å². The van der Waals surface area contributed by atoms with Gasteiger partial charge in [-0.15, -0.1) is 0 Å². The molecular weight excluding hydrogens is 284 g/mol. The lowest BCUT2D eigenvalue weighted by atomic mass is 9.86. The summed E-state index contributed by atoms with van der Waals surface area (Å²) < 4.78 is 0. The van der Waals surface area contributed by atoms with E-state index in [2.05, 4.69) is 49.6 Å². The summed E-state index contributed by atoms with van der Waals surface area (Å²) in [5, 5.41) is 6.21. The van der Waals surface area contributed by atoms with Crippen LogP contribution in [0.2, 0.25) is 0 Å². The molecule has 0 heterocycles. The molecule has 23 heavy (non-hydrogen) atoms. The van der Waals surface area contributed by atoms with E-state index in [9.17, 15) is 4.79 Å². The number of hydrogen-bond donors (Lipinski definition) is 2. The van der Waals surface area contributed by atoms with Crippen molar-refractivity contribution < 1.29 is 4.79 Å². The van der Waals surface area contributed by atoms with Gasteiger partial charge < -0.3 is 10.6 Å². The predicted octanol–water partition coefficient (Wildman–Crippen LogP) is 3.75. The van der Waals surface area contributed by atoms with Crippen molar-refractivity contribution in [3.05, 3.63) is 65.7 Å². The Kier molecular flexibility index (Phi) is 5.94. The Morgan fingerprint density at radius 3 is 2.30 bits per heavy atom. The Morgan fingerprint density at radius 2 is 1.61 bits per heavy atom. The zero-order valence-corrected chi connectivity index (χ0v) is 14.2. The third-order valence-electron chi connectivity index (χ3n) is 3.73. The first-order valence-corrected chi connectivity index (χ1v) is 8.11. The second kappa shape index (κ2) is 7.93. The summed E-state index contributed by atoms with van der Waals surface area (Å²) in [6.45, 7) is 7.56. The van der Waals surface area contributed by atoms with Crippen LogP contribution in [0.15, 0.2) is 54.6 Å². The molecule has 0 bridgehead atoms. The monoisotopic (exact) mass is 310 g/mol. The molecule has 0 atom stereocenters. The van der Waals surface area contributed by atoms with E-state index in [-0.39, 0.29) is 11.3 Å². The van der Waals surface area contributed by atoms with E-state index in [0.717, 1.165) is 24.2 Å². The molecular formula is C20H26N2O. The quantitative estimate of drug-likeness (QED) is 0.798. The highest BCUT2D eigenvalue weighted by Crippen LogP contribution is 2.29. The van der Waals surface area contributed by atoms with Crippen molar-refractivity contribution >= 4 is 11.6 Å². The molecule has 2 N–H and O–H groups in total. The van der Waals surface area contributed by atoms with E-state index in [1.165, 1.54) is 5.56 Å². The fourth-order valence-corrected chi connectivity index (χ4v) is 2.52. The zero-order valence-electron chi connectivity index (χ0n) is 14.2. The van der Waals surface area contributed by atoms with E-state index in [1.54, 1.807) is 0 Å². The molecule has 1 amide bonds. The Labute approximate surface area is 139 Å². The molecule has 0 unspecified atom stereocenters. The Morgan fingerprint density at radius 1 is 0.957 bits per heavy atom. The number of amides is 1. The number of para-hydroxylation sites is 1. The molecule has 3 nitrogen and oxygen atoms in total. The summed E-state index contributed by atoms with van der Waals surface area (Å²) in [7, 11) is 0. The van der Waals surface area contributed by atoms with Crippen LogP contribution >= 0.6 is 0 Å². The van der Waals surface area contributed by atoms with Gasteiger partial charge >= 0.3 is 0 Å². The summed E-state index contributed by atoms with van der Waals surface area (Å²) in [5.41, 5.74) is 3.33. The molecule has 0 aliphatic carbocycles. The number of carbonyl (C=O) groups is 1. The Bertz CT molecular complexity index is 630.